The fourth-order valence-electron chi connectivity index (χ4n) is 1.20. The minimum Gasteiger partial charge on any atom is -0.334 e. The average Bonchev–Trinajstić information content (AvgIpc) is 2.20. The van der Waals surface area contributed by atoms with Crippen LogP contribution in [0.2, 0.25) is 0 Å². The molecule has 0 unspecified atom stereocenters. The van der Waals surface area contributed by atoms with Gasteiger partial charge in [-0.15, -0.1) is 0 Å². The van der Waals surface area contributed by atoms with Crippen LogP contribution >= 0.6 is 0 Å². The lowest BCUT2D eigenvalue weighted by Crippen LogP contribution is -2.19. The van der Waals surface area contributed by atoms with E-state index in [0.29, 0.717) is 5.70 Å². The van der Waals surface area contributed by atoms with Crippen LogP contribution < -0.4 is 4.90 Å². The van der Waals surface area contributed by atoms with Crippen LogP contribution in [0.1, 0.15) is 6.92 Å². The van der Waals surface area contributed by atoms with Crippen molar-refractivity contribution in [2.75, 3.05) is 11.4 Å². The first-order valence-corrected chi connectivity index (χ1v) is 4.21. The first kappa shape index (κ1) is 9.34. The number of hydrogen-bond donors (Lipinski definition) is 0. The number of benzene rings is 1. The molecular weight excluding hydrogens is 160 g/mol. The fraction of sp³-hybridized carbons (Fsp3) is 0.182. The highest BCUT2D eigenvalue weighted by atomic mass is 15.1. The van der Waals surface area contributed by atoms with E-state index in [1.807, 2.05) is 48.2 Å². The third-order valence-corrected chi connectivity index (χ3v) is 1.84. The van der Waals surface area contributed by atoms with Gasteiger partial charge in [-0.2, -0.15) is 5.26 Å². The Morgan fingerprint density at radius 1 is 1.46 bits per heavy atom. The molecular formula is C11H12N2. The molecule has 0 heterocycles. The molecule has 0 saturated heterocycles. The molecule has 0 aromatic heterocycles. The minimum atomic E-state index is 0.480. The number of nitriles is 1. The van der Waals surface area contributed by atoms with Crippen molar-refractivity contribution in [1.29, 1.82) is 5.26 Å². The van der Waals surface area contributed by atoms with E-state index in [1.165, 1.54) is 0 Å². The zero-order chi connectivity index (χ0) is 9.68. The lowest BCUT2D eigenvalue weighted by atomic mass is 10.2. The molecule has 0 N–H and O–H groups in total. The fourth-order valence-corrected chi connectivity index (χ4v) is 1.20. The number of allylic oxidation sites excluding steroid dienone is 1. The molecule has 0 amide bonds. The Kier molecular flexibility index (Phi) is 3.10. The van der Waals surface area contributed by atoms with E-state index < -0.39 is 0 Å². The van der Waals surface area contributed by atoms with Gasteiger partial charge in [0.15, 0.2) is 0 Å². The summed E-state index contributed by atoms with van der Waals surface area (Å²) in [5.41, 5.74) is 1.49. The maximum absolute atomic E-state index is 8.71. The van der Waals surface area contributed by atoms with E-state index in [4.69, 9.17) is 5.26 Å². The van der Waals surface area contributed by atoms with Crippen LogP contribution in [-0.4, -0.2) is 6.54 Å². The van der Waals surface area contributed by atoms with E-state index in [0.717, 1.165) is 12.2 Å². The minimum absolute atomic E-state index is 0.480. The smallest absolute Gasteiger partial charge is 0.117 e. The molecule has 0 saturated carbocycles. The van der Waals surface area contributed by atoms with Crippen LogP contribution in [-0.2, 0) is 0 Å². The van der Waals surface area contributed by atoms with Gasteiger partial charge in [-0.3, -0.25) is 0 Å². The molecule has 0 aliphatic rings. The van der Waals surface area contributed by atoms with Gasteiger partial charge in [-0.1, -0.05) is 24.8 Å². The largest absolute Gasteiger partial charge is 0.334 e. The van der Waals surface area contributed by atoms with Gasteiger partial charge in [0, 0.05) is 12.2 Å². The van der Waals surface area contributed by atoms with Crippen molar-refractivity contribution in [3.63, 3.8) is 0 Å². The quantitative estimate of drug-likeness (QED) is 0.655. The predicted octanol–water partition coefficient (Wildman–Crippen LogP) is 2.55. The zero-order valence-electron chi connectivity index (χ0n) is 7.70. The second-order valence-corrected chi connectivity index (χ2v) is 2.64. The van der Waals surface area contributed by atoms with E-state index in [1.54, 1.807) is 0 Å². The topological polar surface area (TPSA) is 27.0 Å². The Bertz CT molecular complexity index is 322. The molecule has 0 radical (unpaired) electrons. The molecule has 0 bridgehead atoms. The molecule has 1 rings (SSSR count). The van der Waals surface area contributed by atoms with E-state index in [2.05, 4.69) is 6.58 Å². The van der Waals surface area contributed by atoms with Crippen molar-refractivity contribution in [2.24, 2.45) is 0 Å². The molecule has 13 heavy (non-hydrogen) atoms. The summed E-state index contributed by atoms with van der Waals surface area (Å²) in [6.45, 7) is 6.44. The second-order valence-electron chi connectivity index (χ2n) is 2.64. The molecule has 2 nitrogen and oxygen atoms in total. The molecule has 2 heteroatoms. The van der Waals surface area contributed by atoms with Gasteiger partial charge in [0.1, 0.15) is 11.8 Å². The van der Waals surface area contributed by atoms with Crippen molar-refractivity contribution >= 4 is 5.69 Å². The molecule has 0 atom stereocenters. The van der Waals surface area contributed by atoms with Gasteiger partial charge in [0.05, 0.1) is 0 Å². The molecule has 0 fully saturated rings. The van der Waals surface area contributed by atoms with Crippen molar-refractivity contribution in [3.05, 3.63) is 42.6 Å². The van der Waals surface area contributed by atoms with Crippen molar-refractivity contribution in [1.82, 2.24) is 0 Å². The summed E-state index contributed by atoms with van der Waals surface area (Å²) in [4.78, 5) is 1.88. The number of hydrogen-bond acceptors (Lipinski definition) is 2. The van der Waals surface area contributed by atoms with E-state index in [-0.39, 0.29) is 0 Å². The van der Waals surface area contributed by atoms with Gasteiger partial charge < -0.3 is 4.90 Å². The van der Waals surface area contributed by atoms with Crippen molar-refractivity contribution in [2.45, 2.75) is 6.92 Å². The van der Waals surface area contributed by atoms with Gasteiger partial charge in [0.25, 0.3) is 0 Å². The number of rotatable bonds is 3. The van der Waals surface area contributed by atoms with Crippen LogP contribution in [0.4, 0.5) is 5.69 Å². The highest BCUT2D eigenvalue weighted by Gasteiger charge is 2.05. The maximum Gasteiger partial charge on any atom is 0.117 e. The summed E-state index contributed by atoms with van der Waals surface area (Å²) >= 11 is 0. The van der Waals surface area contributed by atoms with Crippen molar-refractivity contribution < 1.29 is 0 Å². The summed E-state index contributed by atoms with van der Waals surface area (Å²) in [7, 11) is 0. The Labute approximate surface area is 78.7 Å². The van der Waals surface area contributed by atoms with Crippen LogP contribution in [0.3, 0.4) is 0 Å². The van der Waals surface area contributed by atoms with E-state index >= 15 is 0 Å². The highest BCUT2D eigenvalue weighted by Crippen LogP contribution is 2.16. The summed E-state index contributed by atoms with van der Waals surface area (Å²) in [6, 6.07) is 11.8. The Morgan fingerprint density at radius 3 is 2.54 bits per heavy atom. The Morgan fingerprint density at radius 2 is 2.08 bits per heavy atom. The van der Waals surface area contributed by atoms with Crippen LogP contribution in [0.15, 0.2) is 42.6 Å². The normalized spacial score (nSPS) is 8.92. The second kappa shape index (κ2) is 4.32. The van der Waals surface area contributed by atoms with Gasteiger partial charge in [-0.05, 0) is 19.1 Å². The number of para-hydroxylation sites is 1. The summed E-state index contributed by atoms with van der Waals surface area (Å²) in [5.74, 6) is 0. The Balaban J connectivity index is 2.93. The van der Waals surface area contributed by atoms with Gasteiger partial charge >= 0.3 is 0 Å². The lowest BCUT2D eigenvalue weighted by Gasteiger charge is -2.20. The standard InChI is InChI=1S/C11H12N2/c1-3-13(10(2)9-12)11-7-5-4-6-8-11/h4-8H,2-3H2,1H3. The summed E-state index contributed by atoms with van der Waals surface area (Å²) < 4.78 is 0. The third kappa shape index (κ3) is 2.09. The average molecular weight is 172 g/mol. The summed E-state index contributed by atoms with van der Waals surface area (Å²) in [5, 5.41) is 8.71. The van der Waals surface area contributed by atoms with Crippen molar-refractivity contribution in [3.8, 4) is 6.07 Å². The molecule has 0 aliphatic carbocycles. The zero-order valence-corrected chi connectivity index (χ0v) is 7.70. The van der Waals surface area contributed by atoms with Crippen LogP contribution in [0.5, 0.6) is 0 Å². The lowest BCUT2D eigenvalue weighted by molar-refractivity contribution is 0.985. The van der Waals surface area contributed by atoms with Gasteiger partial charge in [-0.25, -0.2) is 0 Å². The molecule has 0 spiro atoms. The first-order valence-electron chi connectivity index (χ1n) is 4.21. The molecule has 1 aromatic carbocycles. The monoisotopic (exact) mass is 172 g/mol. The molecule has 1 aromatic rings. The van der Waals surface area contributed by atoms with Gasteiger partial charge in [0.2, 0.25) is 0 Å². The first-order chi connectivity index (χ1) is 6.29. The highest BCUT2D eigenvalue weighted by molar-refractivity contribution is 5.54. The predicted molar refractivity (Wildman–Crippen MR) is 54.2 cm³/mol. The summed E-state index contributed by atoms with van der Waals surface area (Å²) in [6.07, 6.45) is 0. The van der Waals surface area contributed by atoms with E-state index in [9.17, 15) is 0 Å². The SMILES string of the molecule is C=C(C#N)N(CC)c1ccccc1. The molecule has 66 valence electrons. The number of nitrogens with zero attached hydrogens (tertiary/aromatic N) is 2. The molecule has 0 aliphatic heterocycles. The third-order valence-electron chi connectivity index (χ3n) is 1.84. The number of anilines is 1. The Hall–Kier alpha value is -1.75. The maximum atomic E-state index is 8.71. The van der Waals surface area contributed by atoms with Crippen LogP contribution in [0, 0.1) is 11.3 Å². The van der Waals surface area contributed by atoms with Crippen LogP contribution in [0.25, 0.3) is 0 Å².